The maximum Gasteiger partial charge on any atom is 0.495 e. The lowest BCUT2D eigenvalue weighted by molar-refractivity contribution is 0.141. The van der Waals surface area contributed by atoms with Gasteiger partial charge >= 0.3 is 13.2 Å². The van der Waals surface area contributed by atoms with Crippen LogP contribution in [0, 0.1) is 0 Å². The van der Waals surface area contributed by atoms with Crippen molar-refractivity contribution in [1.29, 1.82) is 0 Å². The van der Waals surface area contributed by atoms with Gasteiger partial charge in [-0.1, -0.05) is 11.6 Å². The first-order valence-corrected chi connectivity index (χ1v) is 6.64. The van der Waals surface area contributed by atoms with Crippen molar-refractivity contribution >= 4 is 24.8 Å². The van der Waals surface area contributed by atoms with Gasteiger partial charge in [-0.05, 0) is 29.6 Å². The fourth-order valence-electron chi connectivity index (χ4n) is 2.55. The first-order chi connectivity index (χ1) is 9.58. The number of hydrogen-bond donors (Lipinski definition) is 2. The molecule has 0 aliphatic carbocycles. The minimum absolute atomic E-state index is 0.0726. The van der Waals surface area contributed by atoms with Crippen molar-refractivity contribution in [2.45, 2.75) is 19.1 Å². The molecule has 106 valence electrons. The lowest BCUT2D eigenvalue weighted by atomic mass is 9.70. The van der Waals surface area contributed by atoms with E-state index in [0.717, 1.165) is 16.6 Å². The monoisotopic (exact) mass is 297 g/mol. The van der Waals surface area contributed by atoms with Crippen LogP contribution in [0.25, 0.3) is 0 Å². The van der Waals surface area contributed by atoms with Crippen LogP contribution in [0.5, 0.6) is 0 Å². The van der Waals surface area contributed by atoms with Crippen LogP contribution in [-0.2, 0) is 14.0 Å². The van der Waals surface area contributed by atoms with E-state index in [1.165, 1.54) is 0 Å². The molecule has 2 atom stereocenters. The molecule has 2 unspecified atom stereocenters. The summed E-state index contributed by atoms with van der Waals surface area (Å²) in [5.41, 5.74) is 2.72. The minimum Gasteiger partial charge on any atom is -0.497 e. The van der Waals surface area contributed by atoms with Gasteiger partial charge in [0.2, 0.25) is 0 Å². The molecule has 3 heterocycles. The number of rotatable bonds is 2. The van der Waals surface area contributed by atoms with E-state index >= 15 is 0 Å². The molecule has 0 aromatic carbocycles. The van der Waals surface area contributed by atoms with Gasteiger partial charge < -0.3 is 24.5 Å². The molecule has 0 saturated carbocycles. The Hall–Kier alpha value is -1.44. The largest absolute Gasteiger partial charge is 0.497 e. The van der Waals surface area contributed by atoms with Crippen molar-refractivity contribution in [1.82, 2.24) is 5.32 Å². The molecule has 8 heteroatoms. The van der Waals surface area contributed by atoms with Crippen LogP contribution in [0.2, 0.25) is 0 Å². The fourth-order valence-corrected chi connectivity index (χ4v) is 2.85. The zero-order valence-electron chi connectivity index (χ0n) is 10.8. The molecule has 3 aliphatic rings. The van der Waals surface area contributed by atoms with E-state index in [4.69, 9.17) is 30.8 Å². The van der Waals surface area contributed by atoms with Gasteiger partial charge in [0.05, 0.1) is 30.0 Å². The standard InChI is InChI=1S/C12H13BClNO5/c1-6-8-5-18-3-2-7-10(8)13(19-6)20-9(11(7)14)4-15-12(16)17/h2-3,6,9,15H,4-5H2,1H3,(H,16,17). The van der Waals surface area contributed by atoms with E-state index in [2.05, 4.69) is 5.32 Å². The number of carbonyl (C=O) groups is 1. The van der Waals surface area contributed by atoms with Gasteiger partial charge in [0, 0.05) is 0 Å². The van der Waals surface area contributed by atoms with Crippen molar-refractivity contribution in [2.24, 2.45) is 0 Å². The normalized spacial score (nSPS) is 28.2. The Labute approximate surface area is 121 Å². The van der Waals surface area contributed by atoms with Crippen molar-refractivity contribution in [3.05, 3.63) is 34.0 Å². The summed E-state index contributed by atoms with van der Waals surface area (Å²) in [5.74, 6) is 0. The highest BCUT2D eigenvalue weighted by Crippen LogP contribution is 2.40. The molecular weight excluding hydrogens is 284 g/mol. The Balaban J connectivity index is 1.96. The van der Waals surface area contributed by atoms with Crippen molar-refractivity contribution in [2.75, 3.05) is 13.2 Å². The van der Waals surface area contributed by atoms with E-state index in [0.29, 0.717) is 11.6 Å². The Morgan fingerprint density at radius 1 is 1.60 bits per heavy atom. The minimum atomic E-state index is -1.12. The molecule has 0 aromatic heterocycles. The average Bonchev–Trinajstić information content (AvgIpc) is 2.61. The van der Waals surface area contributed by atoms with Gasteiger partial charge in [-0.25, -0.2) is 4.79 Å². The summed E-state index contributed by atoms with van der Waals surface area (Å²) in [6, 6.07) is 0. The molecule has 2 N–H and O–H groups in total. The number of hydrogen-bond acceptors (Lipinski definition) is 4. The number of nitrogens with one attached hydrogen (secondary N) is 1. The highest BCUT2D eigenvalue weighted by molar-refractivity contribution is 6.58. The zero-order chi connectivity index (χ0) is 14.3. The van der Waals surface area contributed by atoms with Crippen molar-refractivity contribution in [3.63, 3.8) is 0 Å². The van der Waals surface area contributed by atoms with Crippen LogP contribution in [-0.4, -0.2) is 43.7 Å². The third-order valence-electron chi connectivity index (χ3n) is 3.53. The second-order valence-electron chi connectivity index (χ2n) is 4.74. The number of ether oxygens (including phenoxy) is 1. The van der Waals surface area contributed by atoms with Gasteiger partial charge in [-0.2, -0.15) is 0 Å². The summed E-state index contributed by atoms with van der Waals surface area (Å²) in [7, 11) is -0.524. The molecule has 6 nitrogen and oxygen atoms in total. The van der Waals surface area contributed by atoms with Crippen LogP contribution >= 0.6 is 11.6 Å². The van der Waals surface area contributed by atoms with Crippen LogP contribution in [0.1, 0.15) is 6.92 Å². The molecule has 0 bridgehead atoms. The maximum absolute atomic E-state index is 10.6. The van der Waals surface area contributed by atoms with Crippen LogP contribution in [0.3, 0.4) is 0 Å². The van der Waals surface area contributed by atoms with Gasteiger partial charge in [0.1, 0.15) is 6.61 Å². The SMILES string of the molecule is CC1OB2OC(CNC(=O)O)C(Cl)=C3C=COCC1=C23. The lowest BCUT2D eigenvalue weighted by Crippen LogP contribution is -2.41. The first-order valence-electron chi connectivity index (χ1n) is 6.26. The summed E-state index contributed by atoms with van der Waals surface area (Å²) in [6.45, 7) is 2.44. The third-order valence-corrected chi connectivity index (χ3v) is 3.97. The van der Waals surface area contributed by atoms with Crippen molar-refractivity contribution < 1.29 is 23.9 Å². The Kier molecular flexibility index (Phi) is 3.49. The summed E-state index contributed by atoms with van der Waals surface area (Å²) < 4.78 is 16.9. The highest BCUT2D eigenvalue weighted by atomic mass is 35.5. The second-order valence-corrected chi connectivity index (χ2v) is 5.14. The number of carboxylic acid groups (broad SMARTS) is 1. The molecule has 3 aliphatic heterocycles. The van der Waals surface area contributed by atoms with Gasteiger partial charge in [-0.3, -0.25) is 0 Å². The molecule has 0 spiro atoms. The molecule has 20 heavy (non-hydrogen) atoms. The average molecular weight is 298 g/mol. The number of amides is 1. The Morgan fingerprint density at radius 2 is 2.40 bits per heavy atom. The first kappa shape index (κ1) is 13.5. The maximum atomic E-state index is 10.6. The predicted molar refractivity (Wildman–Crippen MR) is 72.2 cm³/mol. The van der Waals surface area contributed by atoms with Gasteiger partial charge in [0.25, 0.3) is 0 Å². The van der Waals surface area contributed by atoms with E-state index in [1.54, 1.807) is 12.3 Å². The highest BCUT2D eigenvalue weighted by Gasteiger charge is 2.46. The summed E-state index contributed by atoms with van der Waals surface area (Å²) in [6.07, 6.45) is 1.57. The fraction of sp³-hybridized carbons (Fsp3) is 0.417. The third kappa shape index (κ3) is 2.22. The summed E-state index contributed by atoms with van der Waals surface area (Å²) in [5, 5.41) is 11.4. The van der Waals surface area contributed by atoms with E-state index in [-0.39, 0.29) is 12.6 Å². The van der Waals surface area contributed by atoms with E-state index < -0.39 is 19.3 Å². The topological polar surface area (TPSA) is 77.0 Å². The van der Waals surface area contributed by atoms with E-state index in [9.17, 15) is 4.79 Å². The van der Waals surface area contributed by atoms with Crippen LogP contribution in [0.15, 0.2) is 34.0 Å². The number of allylic oxidation sites excluding steroid dienone is 3. The molecule has 0 radical (unpaired) electrons. The zero-order valence-corrected chi connectivity index (χ0v) is 11.5. The molecule has 0 aromatic rings. The summed E-state index contributed by atoms with van der Waals surface area (Å²) in [4.78, 5) is 10.6. The lowest BCUT2D eigenvalue weighted by Gasteiger charge is -2.28. The van der Waals surface area contributed by atoms with Gasteiger partial charge in [-0.15, -0.1) is 0 Å². The number of halogens is 1. The second kappa shape index (κ2) is 5.16. The molecule has 1 amide bonds. The predicted octanol–water partition coefficient (Wildman–Crippen LogP) is 1.43. The molecule has 3 rings (SSSR count). The van der Waals surface area contributed by atoms with Crippen LogP contribution < -0.4 is 5.32 Å². The van der Waals surface area contributed by atoms with E-state index in [1.807, 2.05) is 6.92 Å². The smallest absolute Gasteiger partial charge is 0.495 e. The Bertz CT molecular complexity index is 544. The summed E-state index contributed by atoms with van der Waals surface area (Å²) >= 11 is 6.34. The Morgan fingerprint density at radius 3 is 3.15 bits per heavy atom. The molecule has 0 saturated heterocycles. The molecule has 0 fully saturated rings. The van der Waals surface area contributed by atoms with Crippen LogP contribution in [0.4, 0.5) is 4.79 Å². The molecular formula is C12H13BClNO5. The van der Waals surface area contributed by atoms with Crippen molar-refractivity contribution in [3.8, 4) is 0 Å². The van der Waals surface area contributed by atoms with Gasteiger partial charge in [0.15, 0.2) is 0 Å². The quantitative estimate of drug-likeness (QED) is 0.754.